The number of ether oxygens (including phenoxy) is 1. The van der Waals surface area contributed by atoms with Crippen LogP contribution in [0, 0.1) is 0 Å². The fourth-order valence-electron chi connectivity index (χ4n) is 4.04. The molecule has 0 saturated heterocycles. The smallest absolute Gasteiger partial charge is 0.250 e. The van der Waals surface area contributed by atoms with Gasteiger partial charge in [0.05, 0.1) is 18.6 Å². The van der Waals surface area contributed by atoms with Crippen molar-refractivity contribution in [2.75, 3.05) is 12.9 Å². The Hall–Kier alpha value is -2.84. The first-order valence-electron chi connectivity index (χ1n) is 11.4. The number of amides is 1. The summed E-state index contributed by atoms with van der Waals surface area (Å²) in [5.74, 6) is 1.60. The summed E-state index contributed by atoms with van der Waals surface area (Å²) >= 11 is 7.46. The van der Waals surface area contributed by atoms with E-state index in [4.69, 9.17) is 16.3 Å². The zero-order valence-corrected chi connectivity index (χ0v) is 20.9. The summed E-state index contributed by atoms with van der Waals surface area (Å²) in [7, 11) is 1.63. The van der Waals surface area contributed by atoms with E-state index in [-0.39, 0.29) is 11.7 Å². The zero-order chi connectivity index (χ0) is 23.9. The first-order valence-corrected chi connectivity index (χ1v) is 12.7. The predicted molar refractivity (Wildman–Crippen MR) is 137 cm³/mol. The molecule has 1 aliphatic rings. The van der Waals surface area contributed by atoms with Crippen molar-refractivity contribution < 1.29 is 9.53 Å². The van der Waals surface area contributed by atoms with Crippen molar-refractivity contribution >= 4 is 35.0 Å². The van der Waals surface area contributed by atoms with Crippen molar-refractivity contribution in [1.82, 2.24) is 20.2 Å². The number of nitrogens with zero attached hydrogens (tertiary/aromatic N) is 4. The summed E-state index contributed by atoms with van der Waals surface area (Å²) in [5, 5.41) is 14.6. The van der Waals surface area contributed by atoms with E-state index in [2.05, 4.69) is 25.3 Å². The largest absolute Gasteiger partial charge is 0.497 e. The molecule has 2 aromatic carbocycles. The maximum Gasteiger partial charge on any atom is 0.250 e. The van der Waals surface area contributed by atoms with Crippen LogP contribution < -0.4 is 10.2 Å². The second kappa shape index (κ2) is 11.5. The number of benzene rings is 2. The molecule has 0 bridgehead atoms. The molecule has 1 aliphatic carbocycles. The third-order valence-corrected chi connectivity index (χ3v) is 7.09. The van der Waals surface area contributed by atoms with Gasteiger partial charge in [-0.15, -0.1) is 10.2 Å². The Morgan fingerprint density at radius 1 is 1.12 bits per heavy atom. The summed E-state index contributed by atoms with van der Waals surface area (Å²) in [4.78, 5) is 12.5. The number of carbonyl (C=O) groups excluding carboxylic acids is 1. The number of nitrogens with one attached hydrogen (secondary N) is 1. The molecule has 1 heterocycles. The highest BCUT2D eigenvalue weighted by molar-refractivity contribution is 7.99. The topological polar surface area (TPSA) is 81.4 Å². The second-order valence-corrected chi connectivity index (χ2v) is 9.60. The van der Waals surface area contributed by atoms with Crippen LogP contribution in [0.15, 0.2) is 58.8 Å². The molecule has 7 nitrogen and oxygen atoms in total. The first kappa shape index (κ1) is 24.3. The molecule has 3 aromatic rings. The molecule has 0 spiro atoms. The lowest BCUT2D eigenvalue weighted by Gasteiger charge is -2.25. The van der Waals surface area contributed by atoms with Crippen molar-refractivity contribution in [3.63, 3.8) is 0 Å². The van der Waals surface area contributed by atoms with Gasteiger partial charge >= 0.3 is 0 Å². The number of hydrogen-bond donors (Lipinski definition) is 1. The molecule has 1 fully saturated rings. The lowest BCUT2D eigenvalue weighted by molar-refractivity contribution is -0.118. The van der Waals surface area contributed by atoms with Gasteiger partial charge in [0, 0.05) is 16.6 Å². The molecule has 178 valence electrons. The van der Waals surface area contributed by atoms with Gasteiger partial charge in [-0.05, 0) is 73.9 Å². The summed E-state index contributed by atoms with van der Waals surface area (Å²) in [6, 6.07) is 15.5. The highest BCUT2D eigenvalue weighted by atomic mass is 35.5. The standard InChI is InChI=1S/C25H28ClN5O2S/c1-17(18-10-14-22(33-2)15-11-18)27-28-23(32)16-34-25-30-29-24(19-8-12-20(26)13-9-19)31(25)21-6-4-3-5-7-21/h8-15,21H,3-7,16H2,1-2H3,(H,28,32). The molecule has 1 N–H and O–H groups in total. The minimum atomic E-state index is -0.191. The van der Waals surface area contributed by atoms with Crippen LogP contribution in [0.2, 0.25) is 5.02 Å². The number of rotatable bonds is 8. The number of halogens is 1. The molecule has 1 saturated carbocycles. The van der Waals surface area contributed by atoms with Gasteiger partial charge < -0.3 is 4.74 Å². The van der Waals surface area contributed by atoms with E-state index in [0.29, 0.717) is 11.1 Å². The Balaban J connectivity index is 1.45. The minimum absolute atomic E-state index is 0.191. The maximum atomic E-state index is 12.5. The zero-order valence-electron chi connectivity index (χ0n) is 19.3. The molecule has 0 aliphatic heterocycles. The Morgan fingerprint density at radius 2 is 1.82 bits per heavy atom. The normalized spacial score (nSPS) is 14.7. The molecule has 0 atom stereocenters. The van der Waals surface area contributed by atoms with Crippen molar-refractivity contribution in [2.24, 2.45) is 5.10 Å². The second-order valence-electron chi connectivity index (χ2n) is 8.22. The van der Waals surface area contributed by atoms with Crippen LogP contribution in [0.1, 0.15) is 50.6 Å². The average Bonchev–Trinajstić information content (AvgIpc) is 3.31. The third-order valence-electron chi connectivity index (χ3n) is 5.90. The molecule has 0 unspecified atom stereocenters. The highest BCUT2D eigenvalue weighted by Gasteiger charge is 2.24. The quantitative estimate of drug-likeness (QED) is 0.243. The van der Waals surface area contributed by atoms with Crippen molar-refractivity contribution in [3.05, 3.63) is 59.1 Å². The third kappa shape index (κ3) is 5.98. The van der Waals surface area contributed by atoms with Crippen molar-refractivity contribution in [1.29, 1.82) is 0 Å². The van der Waals surface area contributed by atoms with Crippen LogP contribution >= 0.6 is 23.4 Å². The number of methoxy groups -OCH3 is 1. The number of hydrogen-bond acceptors (Lipinski definition) is 6. The maximum absolute atomic E-state index is 12.5. The predicted octanol–water partition coefficient (Wildman–Crippen LogP) is 5.74. The first-order chi connectivity index (χ1) is 16.5. The van der Waals surface area contributed by atoms with Gasteiger partial charge in [-0.2, -0.15) is 5.10 Å². The van der Waals surface area contributed by atoms with Crippen LogP contribution in [0.3, 0.4) is 0 Å². The summed E-state index contributed by atoms with van der Waals surface area (Å²) in [6.45, 7) is 1.85. The summed E-state index contributed by atoms with van der Waals surface area (Å²) in [6.07, 6.45) is 5.80. The van der Waals surface area contributed by atoms with E-state index in [1.54, 1.807) is 7.11 Å². The van der Waals surface area contributed by atoms with E-state index in [1.165, 1.54) is 31.0 Å². The van der Waals surface area contributed by atoms with E-state index in [9.17, 15) is 4.79 Å². The fraction of sp³-hybridized carbons (Fsp3) is 0.360. The Morgan fingerprint density at radius 3 is 2.50 bits per heavy atom. The van der Waals surface area contributed by atoms with Gasteiger partial charge in [-0.1, -0.05) is 42.6 Å². The summed E-state index contributed by atoms with van der Waals surface area (Å²) < 4.78 is 7.38. The minimum Gasteiger partial charge on any atom is -0.497 e. The van der Waals surface area contributed by atoms with Crippen LogP contribution in [-0.4, -0.2) is 39.2 Å². The molecular weight excluding hydrogens is 470 g/mol. The van der Waals surface area contributed by atoms with Crippen molar-refractivity contribution in [2.45, 2.75) is 50.2 Å². The monoisotopic (exact) mass is 497 g/mol. The number of thioether (sulfide) groups is 1. The Kier molecular flexibility index (Phi) is 8.24. The molecule has 4 rings (SSSR count). The van der Waals surface area contributed by atoms with Crippen LogP contribution in [0.25, 0.3) is 11.4 Å². The molecule has 0 radical (unpaired) electrons. The van der Waals surface area contributed by atoms with Crippen LogP contribution in [0.5, 0.6) is 5.75 Å². The van der Waals surface area contributed by atoms with Gasteiger partial charge in [-0.3, -0.25) is 9.36 Å². The molecule has 34 heavy (non-hydrogen) atoms. The van der Waals surface area contributed by atoms with Crippen LogP contribution in [-0.2, 0) is 4.79 Å². The average molecular weight is 498 g/mol. The Bertz CT molecular complexity index is 1140. The van der Waals surface area contributed by atoms with Gasteiger partial charge in [0.2, 0.25) is 0 Å². The number of hydrazone groups is 1. The highest BCUT2D eigenvalue weighted by Crippen LogP contribution is 2.35. The lowest BCUT2D eigenvalue weighted by Crippen LogP contribution is -2.22. The molecule has 9 heteroatoms. The number of carbonyl (C=O) groups is 1. The van der Waals surface area contributed by atoms with Gasteiger partial charge in [0.1, 0.15) is 5.75 Å². The Labute approximate surface area is 208 Å². The van der Waals surface area contributed by atoms with E-state index in [1.807, 2.05) is 55.5 Å². The van der Waals surface area contributed by atoms with Gasteiger partial charge in [-0.25, -0.2) is 5.43 Å². The van der Waals surface area contributed by atoms with E-state index < -0.39 is 0 Å². The van der Waals surface area contributed by atoms with Crippen LogP contribution in [0.4, 0.5) is 0 Å². The van der Waals surface area contributed by atoms with Crippen molar-refractivity contribution in [3.8, 4) is 17.1 Å². The fourth-order valence-corrected chi connectivity index (χ4v) is 4.97. The van der Waals surface area contributed by atoms with E-state index >= 15 is 0 Å². The summed E-state index contributed by atoms with van der Waals surface area (Å²) in [5.41, 5.74) is 5.25. The van der Waals surface area contributed by atoms with Gasteiger partial charge in [0.15, 0.2) is 11.0 Å². The van der Waals surface area contributed by atoms with Gasteiger partial charge in [0.25, 0.3) is 5.91 Å². The lowest BCUT2D eigenvalue weighted by atomic mass is 9.95. The SMILES string of the molecule is COc1ccc(C(C)=NNC(=O)CSc2nnc(-c3ccc(Cl)cc3)n2C2CCCCC2)cc1. The molecule has 1 amide bonds. The molecular formula is C25H28ClN5O2S. The van der Waals surface area contributed by atoms with E-state index in [0.717, 1.165) is 46.4 Å². The molecule has 1 aromatic heterocycles. The number of aromatic nitrogens is 3.